The van der Waals surface area contributed by atoms with E-state index < -0.39 is 0 Å². The number of thioether (sulfide) groups is 1. The predicted octanol–water partition coefficient (Wildman–Crippen LogP) is 2.32. The minimum Gasteiger partial charge on any atom is -0.376 e. The second-order valence-corrected chi connectivity index (χ2v) is 4.29. The average Bonchev–Trinajstić information content (AvgIpc) is 2.90. The first-order chi connectivity index (χ1) is 5.95. The molecular weight excluding hydrogens is 168 g/mol. The van der Waals surface area contributed by atoms with Crippen LogP contribution in [0, 0.1) is 0 Å². The van der Waals surface area contributed by atoms with E-state index in [4.69, 9.17) is 4.74 Å². The van der Waals surface area contributed by atoms with Crippen molar-refractivity contribution in [2.24, 2.45) is 0 Å². The van der Waals surface area contributed by atoms with Gasteiger partial charge in [-0.3, -0.25) is 0 Å². The van der Waals surface area contributed by atoms with E-state index in [1.54, 1.807) is 0 Å². The predicted molar refractivity (Wildman–Crippen MR) is 52.3 cm³/mol. The van der Waals surface area contributed by atoms with Crippen molar-refractivity contribution in [1.82, 2.24) is 0 Å². The highest BCUT2D eigenvalue weighted by molar-refractivity contribution is 8.06. The van der Waals surface area contributed by atoms with Gasteiger partial charge in [0, 0.05) is 11.0 Å². The zero-order valence-electron chi connectivity index (χ0n) is 6.90. The molecule has 1 aromatic rings. The minimum absolute atomic E-state index is 0.762. The van der Waals surface area contributed by atoms with E-state index in [9.17, 15) is 0 Å². The van der Waals surface area contributed by atoms with Gasteiger partial charge in [0.05, 0.1) is 13.2 Å². The second-order valence-electron chi connectivity index (χ2n) is 2.96. The van der Waals surface area contributed by atoms with Gasteiger partial charge in [0.2, 0.25) is 0 Å². The molecule has 0 spiro atoms. The van der Waals surface area contributed by atoms with Gasteiger partial charge in [-0.1, -0.05) is 30.3 Å². The molecule has 1 aliphatic rings. The Morgan fingerprint density at radius 3 is 2.75 bits per heavy atom. The van der Waals surface area contributed by atoms with Crippen LogP contribution in [-0.4, -0.2) is 17.6 Å². The Morgan fingerprint density at radius 1 is 1.33 bits per heavy atom. The van der Waals surface area contributed by atoms with E-state index in [2.05, 4.69) is 12.1 Å². The molecule has 0 unspecified atom stereocenters. The van der Waals surface area contributed by atoms with E-state index in [0.29, 0.717) is 0 Å². The van der Waals surface area contributed by atoms with Crippen LogP contribution in [-0.2, 0) is 11.3 Å². The Morgan fingerprint density at radius 2 is 2.08 bits per heavy atom. The van der Waals surface area contributed by atoms with Crippen LogP contribution in [0.25, 0.3) is 0 Å². The number of hydrogen-bond acceptors (Lipinski definition) is 2. The molecule has 1 heterocycles. The maximum Gasteiger partial charge on any atom is 0.0717 e. The van der Waals surface area contributed by atoms with Crippen molar-refractivity contribution >= 4 is 11.8 Å². The van der Waals surface area contributed by atoms with Crippen LogP contribution in [0.2, 0.25) is 0 Å². The molecule has 0 aromatic heterocycles. The van der Waals surface area contributed by atoms with E-state index in [0.717, 1.165) is 18.5 Å². The highest BCUT2D eigenvalue weighted by Crippen LogP contribution is 2.30. The zero-order chi connectivity index (χ0) is 8.23. The third-order valence-electron chi connectivity index (χ3n) is 1.82. The minimum atomic E-state index is 0.762. The second kappa shape index (κ2) is 3.97. The van der Waals surface area contributed by atoms with Crippen molar-refractivity contribution in [2.45, 2.75) is 11.9 Å². The fraction of sp³-hybridized carbons (Fsp3) is 0.400. The molecule has 1 nitrogen and oxygen atoms in total. The normalized spacial score (nSPS) is 20.8. The van der Waals surface area contributed by atoms with E-state index >= 15 is 0 Å². The van der Waals surface area contributed by atoms with Crippen LogP contribution in [0.4, 0.5) is 0 Å². The van der Waals surface area contributed by atoms with E-state index in [1.165, 1.54) is 11.3 Å². The summed E-state index contributed by atoms with van der Waals surface area (Å²) in [6, 6.07) is 10.3. The molecule has 0 radical (unpaired) electrons. The molecule has 0 aliphatic carbocycles. The summed E-state index contributed by atoms with van der Waals surface area (Å²) in [6.07, 6.45) is 0. The summed E-state index contributed by atoms with van der Waals surface area (Å²) in [5.41, 5.74) is 1.27. The summed E-state index contributed by atoms with van der Waals surface area (Å²) in [5, 5.41) is 0.786. The summed E-state index contributed by atoms with van der Waals surface area (Å²) in [6.45, 7) is 1.68. The van der Waals surface area contributed by atoms with Gasteiger partial charge in [0.25, 0.3) is 0 Å². The third-order valence-corrected chi connectivity index (χ3v) is 2.76. The first kappa shape index (κ1) is 8.14. The van der Waals surface area contributed by atoms with Crippen molar-refractivity contribution in [3.63, 3.8) is 0 Å². The maximum absolute atomic E-state index is 5.52. The van der Waals surface area contributed by atoms with Crippen LogP contribution in [0.1, 0.15) is 5.56 Å². The fourth-order valence-electron chi connectivity index (χ4n) is 1.05. The van der Waals surface area contributed by atoms with Crippen molar-refractivity contribution < 1.29 is 4.74 Å². The fourth-order valence-corrected chi connectivity index (χ4v) is 1.47. The van der Waals surface area contributed by atoms with Crippen LogP contribution in [0.15, 0.2) is 30.3 Å². The molecule has 64 valence electrons. The van der Waals surface area contributed by atoms with Crippen molar-refractivity contribution in [2.75, 3.05) is 12.4 Å². The number of hydrogen-bond donors (Lipinski definition) is 0. The summed E-state index contributed by atoms with van der Waals surface area (Å²) >= 11 is 1.98. The lowest BCUT2D eigenvalue weighted by Crippen LogP contribution is -1.99. The molecule has 0 saturated carbocycles. The molecule has 1 saturated heterocycles. The lowest BCUT2D eigenvalue weighted by Gasteiger charge is -2.01. The van der Waals surface area contributed by atoms with Crippen LogP contribution >= 0.6 is 11.8 Å². The number of ether oxygens (including phenoxy) is 1. The summed E-state index contributed by atoms with van der Waals surface area (Å²) in [4.78, 5) is 0. The summed E-state index contributed by atoms with van der Waals surface area (Å²) in [5.74, 6) is 1.29. The van der Waals surface area contributed by atoms with Crippen LogP contribution in [0.3, 0.4) is 0 Å². The van der Waals surface area contributed by atoms with Gasteiger partial charge in [-0.2, -0.15) is 11.8 Å². The lowest BCUT2D eigenvalue weighted by molar-refractivity contribution is 0.128. The topological polar surface area (TPSA) is 9.23 Å². The quantitative estimate of drug-likeness (QED) is 0.658. The Labute approximate surface area is 77.1 Å². The van der Waals surface area contributed by atoms with Gasteiger partial charge in [-0.05, 0) is 5.56 Å². The van der Waals surface area contributed by atoms with E-state index in [-0.39, 0.29) is 0 Å². The summed E-state index contributed by atoms with van der Waals surface area (Å²) in [7, 11) is 0. The molecule has 12 heavy (non-hydrogen) atoms. The Hall–Kier alpha value is -0.470. The van der Waals surface area contributed by atoms with Crippen LogP contribution < -0.4 is 0 Å². The molecule has 1 aromatic carbocycles. The Balaban J connectivity index is 1.72. The van der Waals surface area contributed by atoms with Gasteiger partial charge in [-0.15, -0.1) is 0 Å². The summed E-state index contributed by atoms with van der Waals surface area (Å²) < 4.78 is 5.52. The highest BCUT2D eigenvalue weighted by atomic mass is 32.2. The van der Waals surface area contributed by atoms with Gasteiger partial charge in [0.15, 0.2) is 0 Å². The van der Waals surface area contributed by atoms with Crippen LogP contribution in [0.5, 0.6) is 0 Å². The molecule has 2 rings (SSSR count). The highest BCUT2D eigenvalue weighted by Gasteiger charge is 2.21. The zero-order valence-corrected chi connectivity index (χ0v) is 7.72. The Bertz CT molecular complexity index is 231. The van der Waals surface area contributed by atoms with Crippen molar-refractivity contribution in [1.29, 1.82) is 0 Å². The SMILES string of the molecule is c1ccc(COC[C@@H]2CS2)cc1. The monoisotopic (exact) mass is 180 g/mol. The molecule has 0 N–H and O–H groups in total. The standard InChI is InChI=1S/C10H12OS/c1-2-4-9(5-3-1)6-11-7-10-8-12-10/h1-5,10H,6-8H2/t10-/m1/s1. The van der Waals surface area contributed by atoms with Gasteiger partial charge in [-0.25, -0.2) is 0 Å². The first-order valence-corrected chi connectivity index (χ1v) is 5.23. The number of rotatable bonds is 4. The molecule has 1 aliphatic heterocycles. The maximum atomic E-state index is 5.52. The van der Waals surface area contributed by atoms with Crippen molar-refractivity contribution in [3.8, 4) is 0 Å². The van der Waals surface area contributed by atoms with E-state index in [1.807, 2.05) is 30.0 Å². The van der Waals surface area contributed by atoms with Crippen molar-refractivity contribution in [3.05, 3.63) is 35.9 Å². The van der Waals surface area contributed by atoms with Gasteiger partial charge < -0.3 is 4.74 Å². The van der Waals surface area contributed by atoms with Gasteiger partial charge in [0.1, 0.15) is 0 Å². The molecule has 1 fully saturated rings. The molecule has 2 heteroatoms. The van der Waals surface area contributed by atoms with Gasteiger partial charge >= 0.3 is 0 Å². The average molecular weight is 180 g/mol. The third kappa shape index (κ3) is 2.54. The smallest absolute Gasteiger partial charge is 0.0717 e. The Kier molecular flexibility index (Phi) is 2.69. The molecule has 1 atom stereocenters. The molecule has 0 bridgehead atoms. The largest absolute Gasteiger partial charge is 0.376 e. The lowest BCUT2D eigenvalue weighted by atomic mass is 10.2. The molecule has 0 amide bonds. The number of benzene rings is 1. The molecular formula is C10H12OS. The first-order valence-electron chi connectivity index (χ1n) is 4.18.